The zero-order valence-corrected chi connectivity index (χ0v) is 22.6. The molecule has 1 aliphatic carbocycles. The summed E-state index contributed by atoms with van der Waals surface area (Å²) in [6, 6.07) is 7.62. The molecule has 12 heteroatoms. The molecule has 6 rings (SSSR count). The van der Waals surface area contributed by atoms with E-state index in [0.29, 0.717) is 44.1 Å². The lowest BCUT2D eigenvalue weighted by atomic mass is 9.81. The number of carboxylic acid groups (broad SMARTS) is 1. The number of hydrogen-bond acceptors (Lipinski definition) is 9. The number of aliphatic carboxylic acids is 1. The van der Waals surface area contributed by atoms with Crippen LogP contribution in [0.25, 0.3) is 21.2 Å². The first-order valence-corrected chi connectivity index (χ1v) is 13.9. The van der Waals surface area contributed by atoms with Gasteiger partial charge in [-0.25, -0.2) is 4.98 Å². The van der Waals surface area contributed by atoms with Crippen molar-refractivity contribution in [1.29, 1.82) is 0 Å². The van der Waals surface area contributed by atoms with Crippen molar-refractivity contribution in [2.24, 2.45) is 5.92 Å². The molecule has 11 nitrogen and oxygen atoms in total. The van der Waals surface area contributed by atoms with Crippen LogP contribution in [-0.2, 0) is 20.8 Å². The van der Waals surface area contributed by atoms with Gasteiger partial charge in [0, 0.05) is 24.3 Å². The summed E-state index contributed by atoms with van der Waals surface area (Å²) in [5.74, 6) is 0.00354. The highest BCUT2D eigenvalue weighted by Gasteiger charge is 2.39. The van der Waals surface area contributed by atoms with Crippen LogP contribution >= 0.6 is 11.3 Å². The summed E-state index contributed by atoms with van der Waals surface area (Å²) >= 11 is 1.46. The number of fused-ring (bicyclic) bond motifs is 1. The van der Waals surface area contributed by atoms with E-state index in [0.717, 1.165) is 39.4 Å². The van der Waals surface area contributed by atoms with Crippen molar-refractivity contribution in [1.82, 2.24) is 14.6 Å². The Bertz CT molecular complexity index is 1460. The molecule has 1 atom stereocenters. The molecule has 3 aromatic heterocycles. The van der Waals surface area contributed by atoms with E-state index in [1.807, 2.05) is 31.2 Å². The molecule has 39 heavy (non-hydrogen) atoms. The fraction of sp³-hybridized carbons (Fsp3) is 0.481. The Hall–Kier alpha value is -3.48. The predicted molar refractivity (Wildman–Crippen MR) is 140 cm³/mol. The molecule has 1 aliphatic heterocycles. The van der Waals surface area contributed by atoms with Crippen LogP contribution in [0.5, 0.6) is 5.75 Å². The summed E-state index contributed by atoms with van der Waals surface area (Å²) in [5.41, 5.74) is 2.40. The molecule has 1 N–H and O–H groups in total. The van der Waals surface area contributed by atoms with Crippen LogP contribution in [-0.4, -0.2) is 52.1 Å². The van der Waals surface area contributed by atoms with Crippen molar-refractivity contribution < 1.29 is 37.7 Å². The lowest BCUT2D eigenvalue weighted by Gasteiger charge is -2.32. The van der Waals surface area contributed by atoms with E-state index in [1.165, 1.54) is 22.5 Å². The monoisotopic (exact) mass is 557 g/mol. The topological polar surface area (TPSA) is 127 Å². The molecule has 1 aromatic carbocycles. The predicted octanol–water partition coefficient (Wildman–Crippen LogP) is 5.76. The number of nitrogens with zero attached hydrogens (tertiary/aromatic N) is 3. The minimum absolute atomic E-state index is 0.0289. The van der Waals surface area contributed by atoms with Crippen molar-refractivity contribution >= 4 is 27.7 Å². The van der Waals surface area contributed by atoms with Crippen LogP contribution < -0.4 is 4.74 Å². The van der Waals surface area contributed by atoms with Gasteiger partial charge in [-0.05, 0) is 43.6 Å². The smallest absolute Gasteiger partial charge is 0.306 e. The number of aromatic nitrogens is 3. The van der Waals surface area contributed by atoms with E-state index >= 15 is 0 Å². The first kappa shape index (κ1) is 25.8. The molecular weight excluding hydrogens is 526 g/mol. The Balaban J connectivity index is 1.43. The maximum absolute atomic E-state index is 11.4. The highest BCUT2D eigenvalue weighted by molar-refractivity contribution is 7.22. The molecule has 0 spiro atoms. The van der Waals surface area contributed by atoms with Crippen molar-refractivity contribution in [3.05, 3.63) is 47.9 Å². The van der Waals surface area contributed by atoms with Crippen LogP contribution in [0, 0.1) is 12.8 Å². The summed E-state index contributed by atoms with van der Waals surface area (Å²) in [4.78, 5) is 18.8. The lowest BCUT2D eigenvalue weighted by Crippen LogP contribution is -2.33. The molecule has 0 amide bonds. The Kier molecular flexibility index (Phi) is 7.24. The summed E-state index contributed by atoms with van der Waals surface area (Å²) in [6.45, 7) is 3.61. The van der Waals surface area contributed by atoms with Crippen LogP contribution in [0.1, 0.15) is 49.0 Å². The van der Waals surface area contributed by atoms with Gasteiger partial charge in [0.15, 0.2) is 4.83 Å². The Morgan fingerprint density at radius 3 is 2.77 bits per heavy atom. The average molecular weight is 558 g/mol. The number of para-hydroxylation sites is 1. The van der Waals surface area contributed by atoms with E-state index < -0.39 is 18.0 Å². The third kappa shape index (κ3) is 5.11. The molecule has 0 bridgehead atoms. The van der Waals surface area contributed by atoms with Crippen LogP contribution in [0.3, 0.4) is 0 Å². The second-order valence-corrected chi connectivity index (χ2v) is 10.9. The van der Waals surface area contributed by atoms with Gasteiger partial charge in [-0.1, -0.05) is 18.2 Å². The summed E-state index contributed by atoms with van der Waals surface area (Å²) in [7, 11) is 1.65. The number of oxazole rings is 1. The molecule has 1 saturated heterocycles. The van der Waals surface area contributed by atoms with Crippen molar-refractivity contribution in [2.75, 3.05) is 20.3 Å². The quantitative estimate of drug-likeness (QED) is 0.273. The Labute approximate surface area is 228 Å². The molecule has 4 aromatic rings. The Morgan fingerprint density at radius 1 is 1.26 bits per heavy atom. The minimum atomic E-state index is -0.806. The maximum Gasteiger partial charge on any atom is 0.306 e. The molecule has 4 heterocycles. The van der Waals surface area contributed by atoms with Gasteiger partial charge < -0.3 is 28.3 Å². The number of thiophene rings is 1. The van der Waals surface area contributed by atoms with Crippen molar-refractivity contribution in [3.8, 4) is 16.5 Å². The van der Waals surface area contributed by atoms with E-state index in [1.54, 1.807) is 18.0 Å². The zero-order chi connectivity index (χ0) is 26.9. The van der Waals surface area contributed by atoms with Crippen molar-refractivity contribution in [2.45, 2.75) is 57.4 Å². The number of aryl methyl sites for hydroxylation is 1. The molecule has 0 unspecified atom stereocenters. The van der Waals surface area contributed by atoms with Gasteiger partial charge in [0.2, 0.25) is 11.5 Å². The normalized spacial score (nSPS) is 20.6. The third-order valence-corrected chi connectivity index (χ3v) is 8.66. The first-order valence-electron chi connectivity index (χ1n) is 13.1. The van der Waals surface area contributed by atoms with E-state index in [9.17, 15) is 9.90 Å². The fourth-order valence-electron chi connectivity index (χ4n) is 5.10. The summed E-state index contributed by atoms with van der Waals surface area (Å²) in [6.07, 6.45) is 5.25. The van der Waals surface area contributed by atoms with Gasteiger partial charge >= 0.3 is 5.97 Å². The average Bonchev–Trinajstić information content (AvgIpc) is 3.56. The van der Waals surface area contributed by atoms with Crippen LogP contribution in [0.4, 0.5) is 0 Å². The number of benzene rings is 1. The van der Waals surface area contributed by atoms with Gasteiger partial charge in [-0.2, -0.15) is 4.74 Å². The molecule has 2 aliphatic rings. The minimum Gasteiger partial charge on any atom is -0.496 e. The third-order valence-electron chi connectivity index (χ3n) is 7.39. The highest BCUT2D eigenvalue weighted by atomic mass is 32.1. The Morgan fingerprint density at radius 2 is 2.05 bits per heavy atom. The molecular formula is C27H31N3O8S. The van der Waals surface area contributed by atoms with Gasteiger partial charge in [0.1, 0.15) is 24.2 Å². The second kappa shape index (κ2) is 10.9. The van der Waals surface area contributed by atoms with Crippen molar-refractivity contribution in [3.63, 3.8) is 0 Å². The van der Waals surface area contributed by atoms with Gasteiger partial charge in [0.25, 0.3) is 0 Å². The van der Waals surface area contributed by atoms with Gasteiger partial charge in [-0.15, -0.1) is 11.3 Å². The SMILES string of the molecule is COc1ccccc1[C@H](Cn1on(C2CC(C(=O)O)C2)oc2c(C)c(-c3ncco3)sc21)OC1CCOCC1. The van der Waals surface area contributed by atoms with Gasteiger partial charge in [-0.3, -0.25) is 9.42 Å². The van der Waals surface area contributed by atoms with E-state index in [4.69, 9.17) is 27.8 Å². The highest BCUT2D eigenvalue weighted by Crippen LogP contribution is 2.42. The number of carboxylic acids is 1. The molecule has 2 fully saturated rings. The zero-order valence-electron chi connectivity index (χ0n) is 21.8. The second-order valence-electron chi connectivity index (χ2n) is 9.89. The number of carbonyl (C=O) groups is 1. The molecule has 0 radical (unpaired) electrons. The fourth-order valence-corrected chi connectivity index (χ4v) is 6.22. The number of methoxy groups -OCH3 is 1. The van der Waals surface area contributed by atoms with Crippen LogP contribution in [0.15, 0.2) is 50.3 Å². The van der Waals surface area contributed by atoms with E-state index in [2.05, 4.69) is 4.98 Å². The lowest BCUT2D eigenvalue weighted by molar-refractivity contribution is -0.152. The molecule has 208 valence electrons. The van der Waals surface area contributed by atoms with Crippen LogP contribution in [0.2, 0.25) is 0 Å². The largest absolute Gasteiger partial charge is 0.496 e. The maximum atomic E-state index is 11.4. The summed E-state index contributed by atoms with van der Waals surface area (Å²) < 4.78 is 37.8. The number of ether oxygens (including phenoxy) is 3. The van der Waals surface area contributed by atoms with Gasteiger partial charge in [0.05, 0.1) is 36.8 Å². The summed E-state index contributed by atoms with van der Waals surface area (Å²) in [5, 5.41) is 9.40. The van der Waals surface area contributed by atoms with E-state index in [-0.39, 0.29) is 12.1 Å². The number of hydrogen-bond donors (Lipinski definition) is 1. The first-order chi connectivity index (χ1) is 19.0. The standard InChI is InChI=1S/C27H31N3O8S/c1-16-23-26(39-24(16)25-28-9-12-35-25)29(38-30(37-23)18-13-17(14-18)27(31)32)15-22(36-19-7-10-34-11-8-19)20-5-3-4-6-21(20)33-2/h3-6,9,12,17-19,22H,7-8,10-11,13-15H2,1-2H3,(H,31,32)/t17?,18?,22-/m0/s1. The number of rotatable bonds is 9. The molecule has 1 saturated carbocycles.